The molecule has 0 aromatic heterocycles. The van der Waals surface area contributed by atoms with Crippen molar-refractivity contribution in [2.45, 2.75) is 38.2 Å². The Morgan fingerprint density at radius 2 is 2.00 bits per heavy atom. The van der Waals surface area contributed by atoms with Gasteiger partial charge in [-0.05, 0) is 19.3 Å². The van der Waals surface area contributed by atoms with E-state index in [4.69, 9.17) is 0 Å². The van der Waals surface area contributed by atoms with Crippen molar-refractivity contribution >= 4 is 6.29 Å². The number of rotatable bonds is 1. The Balaban J connectivity index is 2.37. The average molecular weight is 141 g/mol. The number of hydrogen-bond donors (Lipinski definition) is 1. The third kappa shape index (κ3) is 2.10. The molecular weight excluding hydrogens is 128 g/mol. The third-order valence-electron chi connectivity index (χ3n) is 2.06. The van der Waals surface area contributed by atoms with Crippen LogP contribution in [0.3, 0.4) is 0 Å². The van der Waals surface area contributed by atoms with Crippen LogP contribution in [-0.4, -0.2) is 17.5 Å². The molecule has 0 aromatic carbocycles. The van der Waals surface area contributed by atoms with E-state index >= 15 is 0 Å². The molecule has 10 heavy (non-hydrogen) atoms. The summed E-state index contributed by atoms with van der Waals surface area (Å²) in [6, 6.07) is 0. The fourth-order valence-corrected chi connectivity index (χ4v) is 1.44. The van der Waals surface area contributed by atoms with Crippen molar-refractivity contribution in [1.82, 2.24) is 0 Å². The smallest absolute Gasteiger partial charge is 0.201 e. The lowest BCUT2D eigenvalue weighted by Gasteiger charge is -2.07. The molecule has 1 aliphatic rings. The van der Waals surface area contributed by atoms with Crippen LogP contribution in [0.25, 0.3) is 0 Å². The highest BCUT2D eigenvalue weighted by molar-refractivity contribution is 5.54. The first kappa shape index (κ1) is 7.73. The Bertz CT molecular complexity index is 112. The number of aliphatic hydroxyl groups is 1. The second-order valence-corrected chi connectivity index (χ2v) is 2.99. The van der Waals surface area contributed by atoms with E-state index < -0.39 is 0 Å². The maximum atomic E-state index is 10.2. The minimum absolute atomic E-state index is 0.00231. The summed E-state index contributed by atoms with van der Waals surface area (Å²) in [6.45, 7) is 0. The van der Waals surface area contributed by atoms with Gasteiger partial charge in [-0.3, -0.25) is 4.79 Å². The minimum atomic E-state index is -0.256. The van der Waals surface area contributed by atoms with E-state index in [-0.39, 0.29) is 12.0 Å². The molecule has 2 heteroatoms. The van der Waals surface area contributed by atoms with Gasteiger partial charge in [-0.25, -0.2) is 0 Å². The van der Waals surface area contributed by atoms with Crippen LogP contribution >= 0.6 is 0 Å². The van der Waals surface area contributed by atoms with E-state index in [1.165, 1.54) is 0 Å². The lowest BCUT2D eigenvalue weighted by Crippen LogP contribution is -2.10. The standard InChI is InChI=1S/C8H13O2/c9-6-7-3-1-2-4-8(10)5-7/h7-8,10H,1-5H2. The van der Waals surface area contributed by atoms with E-state index in [0.717, 1.165) is 25.7 Å². The topological polar surface area (TPSA) is 37.3 Å². The third-order valence-corrected chi connectivity index (χ3v) is 2.06. The van der Waals surface area contributed by atoms with Gasteiger partial charge < -0.3 is 5.11 Å². The first-order valence-corrected chi connectivity index (χ1v) is 3.88. The van der Waals surface area contributed by atoms with Crippen molar-refractivity contribution in [1.29, 1.82) is 0 Å². The summed E-state index contributed by atoms with van der Waals surface area (Å²) in [7, 11) is 0. The van der Waals surface area contributed by atoms with Crippen LogP contribution in [0, 0.1) is 5.92 Å². The maximum Gasteiger partial charge on any atom is 0.201 e. The SMILES string of the molecule is O=[C]C1CCCCC(O)C1. The highest BCUT2D eigenvalue weighted by Gasteiger charge is 2.17. The van der Waals surface area contributed by atoms with Crippen LogP contribution < -0.4 is 0 Å². The normalized spacial score (nSPS) is 34.9. The van der Waals surface area contributed by atoms with Crippen molar-refractivity contribution in [3.05, 3.63) is 0 Å². The van der Waals surface area contributed by atoms with Crippen molar-refractivity contribution in [2.75, 3.05) is 0 Å². The van der Waals surface area contributed by atoms with Gasteiger partial charge in [0.2, 0.25) is 6.29 Å². The minimum Gasteiger partial charge on any atom is -0.393 e. The monoisotopic (exact) mass is 141 g/mol. The molecule has 0 saturated heterocycles. The lowest BCUT2D eigenvalue weighted by atomic mass is 10.0. The molecule has 57 valence electrons. The molecule has 0 aromatic rings. The van der Waals surface area contributed by atoms with Crippen LogP contribution in [0.1, 0.15) is 32.1 Å². The molecule has 1 saturated carbocycles. The highest BCUT2D eigenvalue weighted by Crippen LogP contribution is 2.21. The predicted octanol–water partition coefficient (Wildman–Crippen LogP) is 1.04. The molecule has 1 aliphatic carbocycles. The van der Waals surface area contributed by atoms with Crippen LogP contribution in [0.4, 0.5) is 0 Å². The van der Waals surface area contributed by atoms with Crippen LogP contribution in [0.5, 0.6) is 0 Å². The highest BCUT2D eigenvalue weighted by atomic mass is 16.3. The molecule has 2 unspecified atom stereocenters. The van der Waals surface area contributed by atoms with Gasteiger partial charge in [-0.2, -0.15) is 0 Å². The summed E-state index contributed by atoms with van der Waals surface area (Å²) < 4.78 is 0. The van der Waals surface area contributed by atoms with E-state index in [9.17, 15) is 9.90 Å². The average Bonchev–Trinajstić information content (AvgIpc) is 2.13. The Kier molecular flexibility index (Phi) is 2.87. The maximum absolute atomic E-state index is 10.2. The molecule has 1 N–H and O–H groups in total. The fourth-order valence-electron chi connectivity index (χ4n) is 1.44. The zero-order valence-corrected chi connectivity index (χ0v) is 6.05. The first-order chi connectivity index (χ1) is 4.83. The van der Waals surface area contributed by atoms with E-state index in [2.05, 4.69) is 0 Å². The summed E-state index contributed by atoms with van der Waals surface area (Å²) in [5, 5.41) is 9.21. The van der Waals surface area contributed by atoms with Gasteiger partial charge in [0.1, 0.15) is 0 Å². The summed E-state index contributed by atoms with van der Waals surface area (Å²) in [4.78, 5) is 10.2. The largest absolute Gasteiger partial charge is 0.393 e. The Hall–Kier alpha value is -0.370. The van der Waals surface area contributed by atoms with Crippen molar-refractivity contribution in [3.63, 3.8) is 0 Å². The van der Waals surface area contributed by atoms with Crippen molar-refractivity contribution in [2.24, 2.45) is 5.92 Å². The molecule has 0 amide bonds. The number of carbonyl (C=O) groups excluding carboxylic acids is 1. The molecule has 0 heterocycles. The summed E-state index contributed by atoms with van der Waals surface area (Å²) in [6.07, 6.45) is 6.24. The quantitative estimate of drug-likeness (QED) is 0.554. The Morgan fingerprint density at radius 3 is 2.70 bits per heavy atom. The van der Waals surface area contributed by atoms with Gasteiger partial charge in [0.05, 0.1) is 6.10 Å². The van der Waals surface area contributed by atoms with Crippen molar-refractivity contribution < 1.29 is 9.90 Å². The van der Waals surface area contributed by atoms with Gasteiger partial charge in [-0.15, -0.1) is 0 Å². The number of hydrogen-bond acceptors (Lipinski definition) is 2. The van der Waals surface area contributed by atoms with E-state index in [1.807, 2.05) is 6.29 Å². The molecule has 1 radical (unpaired) electrons. The predicted molar refractivity (Wildman–Crippen MR) is 38.3 cm³/mol. The van der Waals surface area contributed by atoms with Gasteiger partial charge in [0.25, 0.3) is 0 Å². The fraction of sp³-hybridized carbons (Fsp3) is 0.875. The van der Waals surface area contributed by atoms with Gasteiger partial charge in [0.15, 0.2) is 0 Å². The molecule has 1 fully saturated rings. The molecule has 0 bridgehead atoms. The summed E-state index contributed by atoms with van der Waals surface area (Å²) in [5.41, 5.74) is 0. The first-order valence-electron chi connectivity index (χ1n) is 3.88. The van der Waals surface area contributed by atoms with Gasteiger partial charge >= 0.3 is 0 Å². The summed E-state index contributed by atoms with van der Waals surface area (Å²) >= 11 is 0. The Morgan fingerprint density at radius 1 is 1.30 bits per heavy atom. The van der Waals surface area contributed by atoms with Gasteiger partial charge in [0, 0.05) is 5.92 Å². The molecule has 2 nitrogen and oxygen atoms in total. The van der Waals surface area contributed by atoms with Crippen LogP contribution in [-0.2, 0) is 4.79 Å². The molecule has 0 aliphatic heterocycles. The van der Waals surface area contributed by atoms with E-state index in [0.29, 0.717) is 6.42 Å². The zero-order valence-electron chi connectivity index (χ0n) is 6.05. The van der Waals surface area contributed by atoms with Crippen LogP contribution in [0.2, 0.25) is 0 Å². The Labute approximate surface area is 61.2 Å². The van der Waals surface area contributed by atoms with Crippen molar-refractivity contribution in [3.8, 4) is 0 Å². The molecule has 0 spiro atoms. The van der Waals surface area contributed by atoms with E-state index in [1.54, 1.807) is 0 Å². The second-order valence-electron chi connectivity index (χ2n) is 2.99. The second kappa shape index (κ2) is 3.71. The molecular formula is C8H13O2. The zero-order chi connectivity index (χ0) is 7.40. The lowest BCUT2D eigenvalue weighted by molar-refractivity contribution is 0.150. The molecule has 2 atom stereocenters. The van der Waals surface area contributed by atoms with Crippen LogP contribution in [0.15, 0.2) is 0 Å². The summed E-state index contributed by atoms with van der Waals surface area (Å²) in [5.74, 6) is -0.00231. The molecule has 1 rings (SSSR count). The number of aliphatic hydroxyl groups excluding tert-OH is 1. The van der Waals surface area contributed by atoms with Gasteiger partial charge in [-0.1, -0.05) is 12.8 Å².